The third-order valence-electron chi connectivity index (χ3n) is 5.70. The fourth-order valence-electron chi connectivity index (χ4n) is 4.03. The van der Waals surface area contributed by atoms with Gasteiger partial charge in [-0.25, -0.2) is 0 Å². The van der Waals surface area contributed by atoms with Gasteiger partial charge in [0.15, 0.2) is 5.84 Å². The lowest BCUT2D eigenvalue weighted by molar-refractivity contribution is -0.135. The topological polar surface area (TPSA) is 86.4 Å². The number of carbonyl (C=O) groups excluding carboxylic acids is 1. The molecule has 0 aliphatic carbocycles. The first-order chi connectivity index (χ1) is 14.3. The quantitative estimate of drug-likeness (QED) is 0.719. The number of rotatable bonds is 5. The lowest BCUT2D eigenvalue weighted by Crippen LogP contribution is -2.49. The second-order valence-electron chi connectivity index (χ2n) is 7.88. The molecule has 0 radical (unpaired) electrons. The number of benzene rings is 1. The molecule has 2 aromatic rings. The Labute approximate surface area is 176 Å². The molecule has 0 atom stereocenters. The van der Waals surface area contributed by atoms with E-state index in [2.05, 4.69) is 16.3 Å². The van der Waals surface area contributed by atoms with Gasteiger partial charge in [-0.05, 0) is 57.2 Å². The highest BCUT2D eigenvalue weighted by molar-refractivity contribution is 7.90. The van der Waals surface area contributed by atoms with Crippen LogP contribution >= 0.6 is 0 Å². The molecular weight excluding hydrogens is 404 g/mol. The van der Waals surface area contributed by atoms with E-state index in [-0.39, 0.29) is 23.4 Å². The van der Waals surface area contributed by atoms with Crippen molar-refractivity contribution in [1.29, 1.82) is 0 Å². The zero-order valence-corrected chi connectivity index (χ0v) is 18.0. The molecule has 1 saturated heterocycles. The van der Waals surface area contributed by atoms with Crippen LogP contribution in [0.4, 0.5) is 0 Å². The number of likely N-dealkylation sites (N-methyl/N-ethyl adjacent to an activating group) is 1. The van der Waals surface area contributed by atoms with Crippen molar-refractivity contribution >= 4 is 21.8 Å². The summed E-state index contributed by atoms with van der Waals surface area (Å²) < 4.78 is 34.1. The molecule has 30 heavy (non-hydrogen) atoms. The number of amides is 1. The Morgan fingerprint density at radius 1 is 1.20 bits per heavy atom. The second-order valence-corrected chi connectivity index (χ2v) is 9.45. The predicted octanol–water partition coefficient (Wildman–Crippen LogP) is 1.78. The van der Waals surface area contributed by atoms with E-state index in [1.165, 1.54) is 0 Å². The minimum Gasteiger partial charge on any atom is -0.467 e. The summed E-state index contributed by atoms with van der Waals surface area (Å²) in [6, 6.07) is 10.5. The van der Waals surface area contributed by atoms with Crippen LogP contribution in [-0.4, -0.2) is 74.6 Å². The van der Waals surface area contributed by atoms with Crippen LogP contribution < -0.4 is 0 Å². The number of nitrogens with zero attached hydrogens (tertiary/aromatic N) is 4. The summed E-state index contributed by atoms with van der Waals surface area (Å²) in [5.41, 5.74) is 0.532. The number of hydrogen-bond donors (Lipinski definition) is 0. The van der Waals surface area contributed by atoms with Crippen molar-refractivity contribution in [2.24, 2.45) is 4.40 Å². The van der Waals surface area contributed by atoms with Crippen LogP contribution in [0.3, 0.4) is 0 Å². The monoisotopic (exact) mass is 430 g/mol. The molecule has 2 aliphatic heterocycles. The lowest BCUT2D eigenvalue weighted by atomic mass is 10.0. The highest BCUT2D eigenvalue weighted by Gasteiger charge is 2.33. The lowest BCUT2D eigenvalue weighted by Gasteiger charge is -2.37. The summed E-state index contributed by atoms with van der Waals surface area (Å²) >= 11 is 0. The van der Waals surface area contributed by atoms with Gasteiger partial charge in [0.1, 0.15) is 10.7 Å². The zero-order valence-electron chi connectivity index (χ0n) is 17.2. The first-order valence-corrected chi connectivity index (χ1v) is 11.4. The zero-order chi connectivity index (χ0) is 21.3. The molecule has 3 heterocycles. The van der Waals surface area contributed by atoms with E-state index in [1.54, 1.807) is 42.5 Å². The Hall–Kier alpha value is -2.65. The van der Waals surface area contributed by atoms with Gasteiger partial charge in [0.25, 0.3) is 10.0 Å². The summed E-state index contributed by atoms with van der Waals surface area (Å²) in [4.78, 5) is 19.2. The van der Waals surface area contributed by atoms with Crippen molar-refractivity contribution < 1.29 is 17.6 Å². The largest absolute Gasteiger partial charge is 0.467 e. The summed E-state index contributed by atoms with van der Waals surface area (Å²) in [7, 11) is 0.0620. The molecule has 0 unspecified atom stereocenters. The molecule has 0 N–H and O–H groups in total. The van der Waals surface area contributed by atoms with E-state index < -0.39 is 10.0 Å². The number of furan rings is 1. The Bertz CT molecular complexity index is 1040. The van der Waals surface area contributed by atoms with Crippen molar-refractivity contribution in [3.63, 3.8) is 0 Å². The summed E-state index contributed by atoms with van der Waals surface area (Å²) in [6.07, 6.45) is 3.39. The minimum absolute atomic E-state index is 0.0374. The minimum atomic E-state index is -3.72. The normalized spacial score (nSPS) is 18.7. The Balaban J connectivity index is 1.53. The molecule has 0 spiro atoms. The average molecular weight is 431 g/mol. The summed E-state index contributed by atoms with van der Waals surface area (Å²) in [6.45, 7) is 2.30. The van der Waals surface area contributed by atoms with Crippen molar-refractivity contribution in [3.8, 4) is 0 Å². The number of sulfonamides is 1. The molecule has 1 aromatic heterocycles. The van der Waals surface area contributed by atoms with Gasteiger partial charge in [-0.2, -0.15) is 8.42 Å². The van der Waals surface area contributed by atoms with Gasteiger partial charge < -0.3 is 19.1 Å². The van der Waals surface area contributed by atoms with Crippen LogP contribution in [0.2, 0.25) is 0 Å². The van der Waals surface area contributed by atoms with Crippen molar-refractivity contribution in [1.82, 2.24) is 14.7 Å². The standard InChI is InChI=1S/C21H26N4O4S/c1-23-11-9-16(10-12-23)25(14-17-6-5-13-29-17)20(26)15-24(2)21-18-7-3-4-8-19(18)30(27,28)22-21/h3-8,13,16H,9-12,14-15H2,1-2H3. The molecule has 8 nitrogen and oxygen atoms in total. The van der Waals surface area contributed by atoms with Crippen molar-refractivity contribution in [3.05, 3.63) is 54.0 Å². The van der Waals surface area contributed by atoms with E-state index >= 15 is 0 Å². The SMILES string of the molecule is CN1CCC(N(Cc2ccco2)C(=O)CN(C)C2=NS(=O)(=O)c3ccccc32)CC1. The molecule has 1 fully saturated rings. The third-order valence-corrected chi connectivity index (χ3v) is 7.03. The molecular formula is C21H26N4O4S. The van der Waals surface area contributed by atoms with Gasteiger partial charge >= 0.3 is 0 Å². The van der Waals surface area contributed by atoms with Gasteiger partial charge in [0, 0.05) is 18.7 Å². The second kappa shape index (κ2) is 8.23. The molecule has 1 aromatic carbocycles. The van der Waals surface area contributed by atoms with Crippen LogP contribution in [0.15, 0.2) is 56.4 Å². The fraction of sp³-hybridized carbons (Fsp3) is 0.429. The smallest absolute Gasteiger partial charge is 0.285 e. The van der Waals surface area contributed by atoms with Gasteiger partial charge in [-0.15, -0.1) is 4.40 Å². The van der Waals surface area contributed by atoms with E-state index in [0.717, 1.165) is 31.7 Å². The average Bonchev–Trinajstić information content (AvgIpc) is 3.33. The van der Waals surface area contributed by atoms with E-state index in [1.807, 2.05) is 17.0 Å². The van der Waals surface area contributed by atoms with E-state index in [4.69, 9.17) is 4.42 Å². The van der Waals surface area contributed by atoms with Crippen LogP contribution in [0, 0.1) is 0 Å². The van der Waals surface area contributed by atoms with E-state index in [0.29, 0.717) is 17.9 Å². The van der Waals surface area contributed by atoms with Gasteiger partial charge in [-0.3, -0.25) is 4.79 Å². The molecule has 0 bridgehead atoms. The Morgan fingerprint density at radius 2 is 1.93 bits per heavy atom. The number of likely N-dealkylation sites (tertiary alicyclic amines) is 1. The molecule has 0 saturated carbocycles. The molecule has 4 rings (SSSR count). The number of hydrogen-bond acceptors (Lipinski definition) is 6. The van der Waals surface area contributed by atoms with Crippen LogP contribution in [0.25, 0.3) is 0 Å². The third kappa shape index (κ3) is 4.13. The first-order valence-electron chi connectivity index (χ1n) is 10.0. The maximum Gasteiger partial charge on any atom is 0.285 e. The summed E-state index contributed by atoms with van der Waals surface area (Å²) in [5, 5.41) is 0. The molecule has 9 heteroatoms. The van der Waals surface area contributed by atoms with Crippen LogP contribution in [0.1, 0.15) is 24.2 Å². The Kier molecular flexibility index (Phi) is 5.66. The number of amidine groups is 1. The maximum atomic E-state index is 13.3. The van der Waals surface area contributed by atoms with Gasteiger partial charge in [-0.1, -0.05) is 12.1 Å². The maximum absolute atomic E-state index is 13.3. The molecule has 160 valence electrons. The highest BCUT2D eigenvalue weighted by Crippen LogP contribution is 2.27. The van der Waals surface area contributed by atoms with E-state index in [9.17, 15) is 13.2 Å². The number of piperidine rings is 1. The van der Waals surface area contributed by atoms with Crippen molar-refractivity contribution in [2.75, 3.05) is 33.7 Å². The fourth-order valence-corrected chi connectivity index (χ4v) is 5.28. The van der Waals surface area contributed by atoms with Crippen LogP contribution in [-0.2, 0) is 21.4 Å². The number of carbonyl (C=O) groups is 1. The highest BCUT2D eigenvalue weighted by atomic mass is 32.2. The van der Waals surface area contributed by atoms with Gasteiger partial charge in [0.2, 0.25) is 5.91 Å². The predicted molar refractivity (Wildman–Crippen MR) is 113 cm³/mol. The first kappa shape index (κ1) is 20.6. The molecule has 1 amide bonds. The Morgan fingerprint density at radius 3 is 2.63 bits per heavy atom. The number of fused-ring (bicyclic) bond motifs is 1. The summed E-state index contributed by atoms with van der Waals surface area (Å²) in [5.74, 6) is 0.962. The van der Waals surface area contributed by atoms with Crippen LogP contribution in [0.5, 0.6) is 0 Å². The van der Waals surface area contributed by atoms with Crippen molar-refractivity contribution in [2.45, 2.75) is 30.3 Å². The molecule has 2 aliphatic rings. The van der Waals surface area contributed by atoms with Gasteiger partial charge in [0.05, 0.1) is 19.4 Å².